The van der Waals surface area contributed by atoms with Crippen LogP contribution in [0.25, 0.3) is 0 Å². The number of halogens is 1. The second-order valence-electron chi connectivity index (χ2n) is 6.58. The van der Waals surface area contributed by atoms with E-state index in [-0.39, 0.29) is 27.0 Å². The molecule has 1 aromatic carbocycles. The number of para-hydroxylation sites is 1. The average molecular weight is 323 g/mol. The van der Waals surface area contributed by atoms with Crippen LogP contribution in [0.2, 0.25) is 0 Å². The summed E-state index contributed by atoms with van der Waals surface area (Å²) in [6.07, 6.45) is 2.00. The molecule has 0 amide bonds. The Labute approximate surface area is 122 Å². The Morgan fingerprint density at radius 1 is 1.21 bits per heavy atom. The summed E-state index contributed by atoms with van der Waals surface area (Å²) in [7, 11) is 0. The van der Waals surface area contributed by atoms with Gasteiger partial charge in [-0.05, 0) is 35.8 Å². The molecule has 0 radical (unpaired) electrons. The van der Waals surface area contributed by atoms with Crippen LogP contribution in [0.1, 0.15) is 33.6 Å². The van der Waals surface area contributed by atoms with Crippen molar-refractivity contribution < 1.29 is 9.53 Å². The van der Waals surface area contributed by atoms with Crippen molar-refractivity contribution in [1.82, 2.24) is 0 Å². The van der Waals surface area contributed by atoms with Crippen molar-refractivity contribution >= 4 is 21.9 Å². The molecule has 3 aliphatic carbocycles. The third kappa shape index (κ3) is 1.35. The Bertz CT molecular complexity index is 525. The second-order valence-corrected chi connectivity index (χ2v) is 7.49. The monoisotopic (exact) mass is 322 g/mol. The summed E-state index contributed by atoms with van der Waals surface area (Å²) in [6, 6.07) is 9.35. The largest absolute Gasteiger partial charge is 0.426 e. The summed E-state index contributed by atoms with van der Waals surface area (Å²) >= 11 is 3.76. The number of rotatable bonds is 2. The first kappa shape index (κ1) is 13.2. The lowest BCUT2D eigenvalue weighted by Gasteiger charge is -2.63. The fourth-order valence-corrected chi connectivity index (χ4v) is 5.88. The number of fused-ring (bicyclic) bond motifs is 1. The van der Waals surface area contributed by atoms with Gasteiger partial charge in [0, 0.05) is 4.83 Å². The lowest BCUT2D eigenvalue weighted by atomic mass is 9.43. The van der Waals surface area contributed by atoms with Gasteiger partial charge in [0.25, 0.3) is 0 Å². The first-order chi connectivity index (χ1) is 8.86. The number of carbonyl (C=O) groups is 1. The molecule has 2 nitrogen and oxygen atoms in total. The van der Waals surface area contributed by atoms with E-state index < -0.39 is 0 Å². The first-order valence-electron chi connectivity index (χ1n) is 6.78. The zero-order valence-corrected chi connectivity index (χ0v) is 13.2. The number of hydrogen-bond acceptors (Lipinski definition) is 2. The predicted molar refractivity (Wildman–Crippen MR) is 78.3 cm³/mol. The van der Waals surface area contributed by atoms with Crippen LogP contribution < -0.4 is 4.74 Å². The maximum atomic E-state index is 12.7. The van der Waals surface area contributed by atoms with Gasteiger partial charge in [-0.25, -0.2) is 0 Å². The van der Waals surface area contributed by atoms with E-state index in [9.17, 15) is 4.79 Å². The number of carbonyl (C=O) groups excluding carboxylic acids is 1. The molecule has 4 rings (SSSR count). The minimum absolute atomic E-state index is 0.0139. The molecule has 3 atom stereocenters. The standard InChI is InChI=1S/C16H19BrO2/c1-14(2)15(3)9-10-16(14,12(15)17)13(18)19-11-7-5-4-6-8-11/h4-8,12H,9-10H2,1-3H3. The molecular formula is C16H19BrO2. The first-order valence-corrected chi connectivity index (χ1v) is 7.69. The highest BCUT2D eigenvalue weighted by Gasteiger charge is 2.80. The smallest absolute Gasteiger partial charge is 0.319 e. The molecule has 3 fully saturated rings. The maximum Gasteiger partial charge on any atom is 0.319 e. The molecule has 0 aromatic heterocycles. The van der Waals surface area contributed by atoms with Crippen LogP contribution in [0.5, 0.6) is 5.75 Å². The Balaban J connectivity index is 1.89. The van der Waals surface area contributed by atoms with Crippen molar-refractivity contribution in [1.29, 1.82) is 0 Å². The molecule has 0 aliphatic heterocycles. The Morgan fingerprint density at radius 2 is 1.84 bits per heavy atom. The van der Waals surface area contributed by atoms with E-state index in [1.165, 1.54) is 0 Å². The molecule has 0 saturated heterocycles. The van der Waals surface area contributed by atoms with Crippen LogP contribution in [-0.2, 0) is 4.79 Å². The second kappa shape index (κ2) is 3.85. The molecule has 2 bridgehead atoms. The highest BCUT2D eigenvalue weighted by molar-refractivity contribution is 9.09. The Kier molecular flexibility index (Phi) is 2.66. The van der Waals surface area contributed by atoms with Gasteiger partial charge in [-0.3, -0.25) is 4.79 Å². The molecule has 0 spiro atoms. The Morgan fingerprint density at radius 3 is 2.32 bits per heavy atom. The number of alkyl halides is 1. The third-order valence-electron chi connectivity index (χ3n) is 5.89. The van der Waals surface area contributed by atoms with Gasteiger partial charge < -0.3 is 4.74 Å². The SMILES string of the molecule is CC12CCC(C(=O)Oc3ccccc3)(C1Br)C2(C)C. The maximum absolute atomic E-state index is 12.7. The Hall–Kier alpha value is -0.830. The normalized spacial score (nSPS) is 38.6. The molecule has 0 N–H and O–H groups in total. The van der Waals surface area contributed by atoms with E-state index in [0.717, 1.165) is 12.8 Å². The van der Waals surface area contributed by atoms with Crippen LogP contribution in [0.3, 0.4) is 0 Å². The molecule has 3 heteroatoms. The van der Waals surface area contributed by atoms with Crippen LogP contribution in [0.4, 0.5) is 0 Å². The third-order valence-corrected chi connectivity index (χ3v) is 7.68. The molecule has 102 valence electrons. The quantitative estimate of drug-likeness (QED) is 0.464. The predicted octanol–water partition coefficient (Wildman–Crippen LogP) is 4.18. The molecule has 3 aliphatic rings. The van der Waals surface area contributed by atoms with Crippen LogP contribution >= 0.6 is 15.9 Å². The number of hydrogen-bond donors (Lipinski definition) is 0. The lowest BCUT2D eigenvalue weighted by molar-refractivity contribution is -0.176. The lowest BCUT2D eigenvalue weighted by Crippen LogP contribution is -2.68. The van der Waals surface area contributed by atoms with E-state index in [2.05, 4.69) is 36.7 Å². The van der Waals surface area contributed by atoms with Gasteiger partial charge >= 0.3 is 5.97 Å². The van der Waals surface area contributed by atoms with Gasteiger partial charge in [-0.2, -0.15) is 0 Å². The fraction of sp³-hybridized carbons (Fsp3) is 0.562. The van der Waals surface area contributed by atoms with E-state index >= 15 is 0 Å². The van der Waals surface area contributed by atoms with Crippen molar-refractivity contribution in [3.8, 4) is 5.75 Å². The van der Waals surface area contributed by atoms with Crippen molar-refractivity contribution in [3.63, 3.8) is 0 Å². The van der Waals surface area contributed by atoms with Crippen molar-refractivity contribution in [2.75, 3.05) is 0 Å². The van der Waals surface area contributed by atoms with Gasteiger partial charge in [0.15, 0.2) is 0 Å². The number of ether oxygens (including phenoxy) is 1. The molecule has 19 heavy (non-hydrogen) atoms. The zero-order valence-electron chi connectivity index (χ0n) is 11.6. The summed E-state index contributed by atoms with van der Waals surface area (Å²) in [6.45, 7) is 6.67. The molecular weight excluding hydrogens is 304 g/mol. The topological polar surface area (TPSA) is 26.3 Å². The van der Waals surface area contributed by atoms with E-state index in [0.29, 0.717) is 5.75 Å². The number of esters is 1. The summed E-state index contributed by atoms with van der Waals surface area (Å²) in [5.74, 6) is 0.554. The molecule has 1 aromatic rings. The minimum Gasteiger partial charge on any atom is -0.426 e. The minimum atomic E-state index is -0.377. The van der Waals surface area contributed by atoms with E-state index in [1.807, 2.05) is 30.3 Å². The van der Waals surface area contributed by atoms with Crippen LogP contribution in [0.15, 0.2) is 30.3 Å². The van der Waals surface area contributed by atoms with Crippen LogP contribution in [0, 0.1) is 16.2 Å². The van der Waals surface area contributed by atoms with Crippen LogP contribution in [-0.4, -0.2) is 10.8 Å². The van der Waals surface area contributed by atoms with Gasteiger partial charge in [0.2, 0.25) is 0 Å². The van der Waals surface area contributed by atoms with Crippen molar-refractivity contribution in [2.24, 2.45) is 16.2 Å². The summed E-state index contributed by atoms with van der Waals surface area (Å²) in [5, 5.41) is 0. The van der Waals surface area contributed by atoms with E-state index in [4.69, 9.17) is 4.74 Å². The fourth-order valence-electron chi connectivity index (χ4n) is 4.09. The summed E-state index contributed by atoms with van der Waals surface area (Å²) < 4.78 is 5.62. The van der Waals surface area contributed by atoms with Gasteiger partial charge in [-0.15, -0.1) is 0 Å². The van der Waals surface area contributed by atoms with Gasteiger partial charge in [-0.1, -0.05) is 54.9 Å². The van der Waals surface area contributed by atoms with Gasteiger partial charge in [0.05, 0.1) is 5.41 Å². The molecule has 3 unspecified atom stereocenters. The van der Waals surface area contributed by atoms with Gasteiger partial charge in [0.1, 0.15) is 5.75 Å². The summed E-state index contributed by atoms with van der Waals surface area (Å²) in [4.78, 5) is 12.9. The van der Waals surface area contributed by atoms with Crippen molar-refractivity contribution in [2.45, 2.75) is 38.4 Å². The summed E-state index contributed by atoms with van der Waals surface area (Å²) in [5.41, 5.74) is -0.194. The highest BCUT2D eigenvalue weighted by atomic mass is 79.9. The molecule has 0 heterocycles. The number of benzene rings is 1. The average Bonchev–Trinajstić information content (AvgIpc) is 2.79. The highest BCUT2D eigenvalue weighted by Crippen LogP contribution is 2.79. The zero-order chi connectivity index (χ0) is 13.9. The van der Waals surface area contributed by atoms with Crippen molar-refractivity contribution in [3.05, 3.63) is 30.3 Å². The van der Waals surface area contributed by atoms with E-state index in [1.54, 1.807) is 0 Å². The molecule has 3 saturated carbocycles.